The van der Waals surface area contributed by atoms with Crippen LogP contribution in [0.1, 0.15) is 20.8 Å². The average Bonchev–Trinajstić information content (AvgIpc) is 2.32. The molecule has 0 aromatic carbocycles. The van der Waals surface area contributed by atoms with Crippen molar-refractivity contribution >= 4 is 18.1 Å². The van der Waals surface area contributed by atoms with E-state index >= 15 is 0 Å². The van der Waals surface area contributed by atoms with E-state index in [1.54, 1.807) is 0 Å². The minimum Gasteiger partial charge on any atom is -0.350 e. The molecule has 1 aromatic rings. The molecule has 0 aliphatic rings. The Morgan fingerprint density at radius 2 is 2.29 bits per heavy atom. The lowest BCUT2D eigenvalue weighted by atomic mass is 10.1. The van der Waals surface area contributed by atoms with Crippen LogP contribution in [-0.2, 0) is 11.3 Å². The van der Waals surface area contributed by atoms with E-state index < -0.39 is 0 Å². The van der Waals surface area contributed by atoms with Crippen LogP contribution in [-0.4, -0.2) is 31.7 Å². The van der Waals surface area contributed by atoms with E-state index in [2.05, 4.69) is 20.8 Å². The summed E-state index contributed by atoms with van der Waals surface area (Å²) in [7, 11) is 0. The van der Waals surface area contributed by atoms with Crippen LogP contribution in [0.25, 0.3) is 0 Å². The molecule has 1 amide bonds. The van der Waals surface area contributed by atoms with E-state index in [1.807, 2.05) is 20.8 Å². The van der Waals surface area contributed by atoms with E-state index in [1.165, 1.54) is 4.68 Å². The molecule has 1 aromatic heterocycles. The molecule has 1 heterocycles. The summed E-state index contributed by atoms with van der Waals surface area (Å²) < 4.78 is 1.67. The highest BCUT2D eigenvalue weighted by Crippen LogP contribution is 1.98. The fourth-order valence-corrected chi connectivity index (χ4v) is 1.07. The lowest BCUT2D eigenvalue weighted by Gasteiger charge is -2.20. The zero-order valence-electron chi connectivity index (χ0n) is 8.37. The van der Waals surface area contributed by atoms with Crippen LogP contribution in [0.3, 0.4) is 0 Å². The summed E-state index contributed by atoms with van der Waals surface area (Å²) >= 11 is 4.82. The number of carbonyl (C=O) groups excluding carboxylic acids is 1. The molecule has 2 N–H and O–H groups in total. The molecule has 0 bridgehead atoms. The Labute approximate surface area is 86.7 Å². The maximum Gasteiger partial charge on any atom is 0.242 e. The number of nitrogens with one attached hydrogen (secondary N) is 2. The van der Waals surface area contributed by atoms with Gasteiger partial charge in [-0.05, 0) is 33.0 Å². The fraction of sp³-hybridized carbons (Fsp3) is 0.714. The zero-order chi connectivity index (χ0) is 10.8. The Hall–Kier alpha value is -1.24. The number of hydrogen-bond donors (Lipinski definition) is 2. The largest absolute Gasteiger partial charge is 0.350 e. The van der Waals surface area contributed by atoms with Gasteiger partial charge in [0.15, 0.2) is 0 Å². The van der Waals surface area contributed by atoms with Gasteiger partial charge >= 0.3 is 0 Å². The third-order valence-electron chi connectivity index (χ3n) is 1.35. The van der Waals surface area contributed by atoms with Crippen molar-refractivity contribution in [3.05, 3.63) is 4.77 Å². The molecule has 0 aliphatic heterocycles. The molecule has 1 rings (SSSR count). The first-order chi connectivity index (χ1) is 6.38. The summed E-state index contributed by atoms with van der Waals surface area (Å²) in [4.78, 5) is 11.4. The van der Waals surface area contributed by atoms with Crippen LogP contribution in [0, 0.1) is 4.77 Å². The highest BCUT2D eigenvalue weighted by molar-refractivity contribution is 7.71. The molecule has 6 nitrogen and oxygen atoms in total. The van der Waals surface area contributed by atoms with E-state index in [0.29, 0.717) is 0 Å². The predicted molar refractivity (Wildman–Crippen MR) is 53.1 cm³/mol. The lowest BCUT2D eigenvalue weighted by molar-refractivity contribution is -0.123. The molecular weight excluding hydrogens is 202 g/mol. The molecule has 0 saturated carbocycles. The standard InChI is InChI=1S/C7H13N5OS/c1-7(2,3)8-5(13)4-12-6(14)9-10-11-12/h4H2,1-3H3,(H,8,13)(H,9,11,14). The quantitative estimate of drug-likeness (QED) is 0.693. The van der Waals surface area contributed by atoms with Gasteiger partial charge in [0.25, 0.3) is 0 Å². The molecule has 0 radical (unpaired) electrons. The smallest absolute Gasteiger partial charge is 0.242 e. The zero-order valence-corrected chi connectivity index (χ0v) is 9.18. The van der Waals surface area contributed by atoms with Crippen molar-refractivity contribution in [3.63, 3.8) is 0 Å². The molecule has 7 heteroatoms. The van der Waals surface area contributed by atoms with Crippen LogP contribution in [0.2, 0.25) is 0 Å². The van der Waals surface area contributed by atoms with E-state index in [-0.39, 0.29) is 22.8 Å². The summed E-state index contributed by atoms with van der Waals surface area (Å²) in [5.74, 6) is -0.125. The summed E-state index contributed by atoms with van der Waals surface area (Å²) in [5, 5.41) is 12.3. The van der Waals surface area contributed by atoms with E-state index in [9.17, 15) is 4.79 Å². The molecule has 0 saturated heterocycles. The molecular formula is C7H13N5OS. The van der Waals surface area contributed by atoms with Crippen LogP contribution >= 0.6 is 12.2 Å². The number of carbonyl (C=O) groups is 1. The number of aromatic nitrogens is 4. The van der Waals surface area contributed by atoms with Gasteiger partial charge in [-0.25, -0.2) is 4.68 Å². The number of aromatic amines is 1. The van der Waals surface area contributed by atoms with Crippen molar-refractivity contribution in [2.45, 2.75) is 32.9 Å². The molecule has 0 unspecified atom stereocenters. The second kappa shape index (κ2) is 3.87. The van der Waals surface area contributed by atoms with Gasteiger partial charge in [-0.2, -0.15) is 5.21 Å². The van der Waals surface area contributed by atoms with E-state index in [4.69, 9.17) is 12.2 Å². The molecule has 0 fully saturated rings. The third kappa shape index (κ3) is 3.25. The van der Waals surface area contributed by atoms with Crippen LogP contribution in [0.15, 0.2) is 0 Å². The van der Waals surface area contributed by atoms with Crippen molar-refractivity contribution in [1.29, 1.82) is 0 Å². The SMILES string of the molecule is CC(C)(C)NC(=O)Cn1[nH]nnc1=S. The first-order valence-electron chi connectivity index (χ1n) is 4.17. The lowest BCUT2D eigenvalue weighted by Crippen LogP contribution is -2.42. The van der Waals surface area contributed by atoms with Crippen molar-refractivity contribution in [2.75, 3.05) is 0 Å². The normalized spacial score (nSPS) is 11.4. The Morgan fingerprint density at radius 1 is 1.64 bits per heavy atom. The van der Waals surface area contributed by atoms with Gasteiger partial charge in [-0.3, -0.25) is 4.79 Å². The van der Waals surface area contributed by atoms with Gasteiger partial charge in [-0.15, -0.1) is 0 Å². The van der Waals surface area contributed by atoms with Gasteiger partial charge in [0.2, 0.25) is 10.7 Å². The first-order valence-corrected chi connectivity index (χ1v) is 4.58. The predicted octanol–water partition coefficient (Wildman–Crippen LogP) is 0.250. The summed E-state index contributed by atoms with van der Waals surface area (Å²) in [5.41, 5.74) is -0.243. The second-order valence-electron chi connectivity index (χ2n) is 3.97. The highest BCUT2D eigenvalue weighted by Gasteiger charge is 2.14. The number of hydrogen-bond acceptors (Lipinski definition) is 4. The highest BCUT2D eigenvalue weighted by atomic mass is 32.1. The van der Waals surface area contributed by atoms with Gasteiger partial charge in [0.1, 0.15) is 6.54 Å². The molecule has 14 heavy (non-hydrogen) atoms. The summed E-state index contributed by atoms with van der Waals surface area (Å²) in [6, 6.07) is 0. The number of nitrogens with zero attached hydrogens (tertiary/aromatic N) is 3. The van der Waals surface area contributed by atoms with Crippen molar-refractivity contribution in [3.8, 4) is 0 Å². The van der Waals surface area contributed by atoms with Crippen LogP contribution < -0.4 is 5.32 Å². The number of H-pyrrole nitrogens is 1. The van der Waals surface area contributed by atoms with Gasteiger partial charge in [-0.1, -0.05) is 10.3 Å². The maximum absolute atomic E-state index is 11.4. The van der Waals surface area contributed by atoms with Gasteiger partial charge in [0.05, 0.1) is 0 Å². The Kier molecular flexibility index (Phi) is 3.00. The number of tetrazole rings is 1. The Morgan fingerprint density at radius 3 is 2.71 bits per heavy atom. The van der Waals surface area contributed by atoms with Gasteiger partial charge < -0.3 is 5.32 Å². The minimum atomic E-state index is -0.243. The van der Waals surface area contributed by atoms with Crippen LogP contribution in [0.4, 0.5) is 0 Å². The summed E-state index contributed by atoms with van der Waals surface area (Å²) in [6.07, 6.45) is 0. The molecule has 0 spiro atoms. The average molecular weight is 215 g/mol. The van der Waals surface area contributed by atoms with E-state index in [0.717, 1.165) is 0 Å². The van der Waals surface area contributed by atoms with Gasteiger partial charge in [0, 0.05) is 5.54 Å². The second-order valence-corrected chi connectivity index (χ2v) is 4.33. The topological polar surface area (TPSA) is 75.6 Å². The first kappa shape index (κ1) is 10.8. The van der Waals surface area contributed by atoms with Crippen molar-refractivity contribution in [2.24, 2.45) is 0 Å². The molecule has 78 valence electrons. The Bertz CT molecular complexity index is 374. The summed E-state index contributed by atoms with van der Waals surface area (Å²) in [6.45, 7) is 5.85. The Balaban J connectivity index is 2.59. The van der Waals surface area contributed by atoms with Crippen molar-refractivity contribution in [1.82, 2.24) is 25.5 Å². The number of rotatable bonds is 2. The molecule has 0 atom stereocenters. The molecule has 0 aliphatic carbocycles. The minimum absolute atomic E-state index is 0.114. The fourth-order valence-electron chi connectivity index (χ4n) is 0.920. The maximum atomic E-state index is 11.4. The van der Waals surface area contributed by atoms with Crippen molar-refractivity contribution < 1.29 is 4.79 Å². The van der Waals surface area contributed by atoms with Crippen LogP contribution in [0.5, 0.6) is 0 Å². The number of amides is 1. The third-order valence-corrected chi connectivity index (χ3v) is 1.65. The monoisotopic (exact) mass is 215 g/mol.